The van der Waals surface area contributed by atoms with Gasteiger partial charge < -0.3 is 16.0 Å². The van der Waals surface area contributed by atoms with E-state index in [-0.39, 0.29) is 12.5 Å². The molecule has 1 aromatic carbocycles. The maximum atomic E-state index is 11.6. The lowest BCUT2D eigenvalue weighted by Crippen LogP contribution is -2.43. The van der Waals surface area contributed by atoms with E-state index in [1.54, 1.807) is 0 Å². The highest BCUT2D eigenvalue weighted by Gasteiger charge is 2.06. The highest BCUT2D eigenvalue weighted by atomic mass is 16.1. The van der Waals surface area contributed by atoms with Crippen LogP contribution in [0.15, 0.2) is 35.3 Å². The second-order valence-electron chi connectivity index (χ2n) is 3.78. The lowest BCUT2D eigenvalue weighted by Gasteiger charge is -2.15. The normalized spacial score (nSPS) is 14.5. The molecule has 1 amide bonds. The molecule has 17 heavy (non-hydrogen) atoms. The highest BCUT2D eigenvalue weighted by molar-refractivity contribution is 5.95. The molecule has 0 saturated heterocycles. The topological polar surface area (TPSA) is 65.5 Å². The number of aliphatic imine (C=N–C) groups is 1. The molecule has 0 aromatic heterocycles. The Balaban J connectivity index is 1.76. The predicted octanol–water partition coefficient (Wildman–Crippen LogP) is 0.564. The fourth-order valence-corrected chi connectivity index (χ4v) is 1.54. The lowest BCUT2D eigenvalue weighted by molar-refractivity contribution is -0.115. The summed E-state index contributed by atoms with van der Waals surface area (Å²) in [5.74, 6) is 0.630. The van der Waals surface area contributed by atoms with Crippen molar-refractivity contribution in [3.8, 4) is 0 Å². The predicted molar refractivity (Wildman–Crippen MR) is 68.0 cm³/mol. The Kier molecular flexibility index (Phi) is 3.96. The van der Waals surface area contributed by atoms with Crippen LogP contribution >= 0.6 is 0 Å². The van der Waals surface area contributed by atoms with Gasteiger partial charge in [-0.2, -0.15) is 0 Å². The molecule has 5 nitrogen and oxygen atoms in total. The molecule has 3 N–H and O–H groups in total. The van der Waals surface area contributed by atoms with Gasteiger partial charge in [0.15, 0.2) is 5.96 Å². The molecule has 0 radical (unpaired) electrons. The number of rotatable bonds is 3. The van der Waals surface area contributed by atoms with E-state index >= 15 is 0 Å². The smallest absolute Gasteiger partial charge is 0.243 e. The van der Waals surface area contributed by atoms with Crippen molar-refractivity contribution in [3.05, 3.63) is 30.3 Å². The number of benzene rings is 1. The van der Waals surface area contributed by atoms with Gasteiger partial charge in [0.05, 0.1) is 6.54 Å². The first-order valence-electron chi connectivity index (χ1n) is 5.72. The number of carbonyl (C=O) groups excluding carboxylic acids is 1. The molecule has 1 aliphatic heterocycles. The number of nitrogens with one attached hydrogen (secondary N) is 3. The van der Waals surface area contributed by atoms with Crippen molar-refractivity contribution in [3.63, 3.8) is 0 Å². The monoisotopic (exact) mass is 232 g/mol. The summed E-state index contributed by atoms with van der Waals surface area (Å²) in [5, 5.41) is 8.86. The quantitative estimate of drug-likeness (QED) is 0.713. The molecule has 0 aliphatic carbocycles. The second kappa shape index (κ2) is 5.89. The van der Waals surface area contributed by atoms with E-state index in [0.717, 1.165) is 25.2 Å². The molecule has 2 rings (SSSR count). The first kappa shape index (κ1) is 11.4. The SMILES string of the molecule is O=C(CNC1=NCCCN1)Nc1ccccc1. The standard InChI is InChI=1S/C12H16N4O/c17-11(16-10-5-2-1-3-6-10)9-15-12-13-7-4-8-14-12/h1-3,5-6H,4,7-9H2,(H,16,17)(H2,13,14,15). The Morgan fingerprint density at radius 2 is 2.18 bits per heavy atom. The fourth-order valence-electron chi connectivity index (χ4n) is 1.54. The van der Waals surface area contributed by atoms with Crippen LogP contribution in [0.5, 0.6) is 0 Å². The largest absolute Gasteiger partial charge is 0.356 e. The van der Waals surface area contributed by atoms with Crippen LogP contribution in [0.2, 0.25) is 0 Å². The molecular formula is C12H16N4O. The molecule has 0 atom stereocenters. The summed E-state index contributed by atoms with van der Waals surface area (Å²) >= 11 is 0. The van der Waals surface area contributed by atoms with Gasteiger partial charge in [-0.15, -0.1) is 0 Å². The van der Waals surface area contributed by atoms with Crippen molar-refractivity contribution in [2.45, 2.75) is 6.42 Å². The van der Waals surface area contributed by atoms with Gasteiger partial charge in [0.25, 0.3) is 0 Å². The summed E-state index contributed by atoms with van der Waals surface area (Å²) in [4.78, 5) is 15.8. The van der Waals surface area contributed by atoms with Crippen LogP contribution in [0.1, 0.15) is 6.42 Å². The highest BCUT2D eigenvalue weighted by Crippen LogP contribution is 2.03. The molecular weight excluding hydrogens is 216 g/mol. The Morgan fingerprint density at radius 1 is 1.35 bits per heavy atom. The van der Waals surface area contributed by atoms with E-state index in [2.05, 4.69) is 20.9 Å². The summed E-state index contributed by atoms with van der Waals surface area (Å²) < 4.78 is 0. The van der Waals surface area contributed by atoms with Gasteiger partial charge in [0, 0.05) is 18.8 Å². The molecule has 0 unspecified atom stereocenters. The van der Waals surface area contributed by atoms with Crippen LogP contribution < -0.4 is 16.0 Å². The van der Waals surface area contributed by atoms with Crippen molar-refractivity contribution >= 4 is 17.6 Å². The zero-order valence-electron chi connectivity index (χ0n) is 9.57. The molecule has 5 heteroatoms. The van der Waals surface area contributed by atoms with E-state index in [4.69, 9.17) is 0 Å². The third-order valence-corrected chi connectivity index (χ3v) is 2.37. The fraction of sp³-hybridized carbons (Fsp3) is 0.333. The maximum Gasteiger partial charge on any atom is 0.243 e. The zero-order valence-corrected chi connectivity index (χ0v) is 9.57. The molecule has 1 aliphatic rings. The van der Waals surface area contributed by atoms with Crippen molar-refractivity contribution in [1.82, 2.24) is 10.6 Å². The molecule has 1 heterocycles. The van der Waals surface area contributed by atoms with Crippen LogP contribution in [-0.4, -0.2) is 31.5 Å². The third kappa shape index (κ3) is 3.79. The molecule has 1 aromatic rings. The Bertz CT molecular complexity index is 402. The minimum atomic E-state index is -0.0775. The minimum Gasteiger partial charge on any atom is -0.356 e. The Labute approximate surface area is 100 Å². The number of anilines is 1. The van der Waals surface area contributed by atoms with Gasteiger partial charge in [-0.05, 0) is 18.6 Å². The van der Waals surface area contributed by atoms with Crippen molar-refractivity contribution in [1.29, 1.82) is 0 Å². The Morgan fingerprint density at radius 3 is 2.88 bits per heavy atom. The number of carbonyl (C=O) groups is 1. The molecule has 0 fully saturated rings. The molecule has 90 valence electrons. The number of hydrogen-bond acceptors (Lipinski definition) is 4. The summed E-state index contributed by atoms with van der Waals surface area (Å²) in [7, 11) is 0. The van der Waals surface area contributed by atoms with Crippen molar-refractivity contribution in [2.24, 2.45) is 4.99 Å². The van der Waals surface area contributed by atoms with Crippen LogP contribution in [0, 0.1) is 0 Å². The number of amides is 1. The molecule has 0 spiro atoms. The molecule has 0 bridgehead atoms. The summed E-state index contributed by atoms with van der Waals surface area (Å²) in [6.45, 7) is 1.95. The third-order valence-electron chi connectivity index (χ3n) is 2.37. The number of guanidine groups is 1. The maximum absolute atomic E-state index is 11.6. The van der Waals surface area contributed by atoms with E-state index < -0.39 is 0 Å². The summed E-state index contributed by atoms with van der Waals surface area (Å²) in [5.41, 5.74) is 0.804. The number of para-hydroxylation sites is 1. The van der Waals surface area contributed by atoms with Gasteiger partial charge in [0.2, 0.25) is 5.91 Å². The van der Waals surface area contributed by atoms with E-state index in [0.29, 0.717) is 5.96 Å². The van der Waals surface area contributed by atoms with Crippen LogP contribution in [0.4, 0.5) is 5.69 Å². The average Bonchev–Trinajstić information content (AvgIpc) is 2.39. The minimum absolute atomic E-state index is 0.0775. The first-order chi connectivity index (χ1) is 8.34. The Hall–Kier alpha value is -2.04. The zero-order chi connectivity index (χ0) is 11.9. The second-order valence-corrected chi connectivity index (χ2v) is 3.78. The van der Waals surface area contributed by atoms with Gasteiger partial charge in [-0.25, -0.2) is 0 Å². The van der Waals surface area contributed by atoms with Crippen LogP contribution in [0.3, 0.4) is 0 Å². The van der Waals surface area contributed by atoms with Gasteiger partial charge in [0.1, 0.15) is 0 Å². The summed E-state index contributed by atoms with van der Waals surface area (Å²) in [6, 6.07) is 9.39. The number of nitrogens with zero attached hydrogens (tertiary/aromatic N) is 1. The van der Waals surface area contributed by atoms with E-state index in [1.807, 2.05) is 30.3 Å². The molecule has 0 saturated carbocycles. The van der Waals surface area contributed by atoms with Gasteiger partial charge in [-0.3, -0.25) is 9.79 Å². The van der Waals surface area contributed by atoms with Crippen LogP contribution in [-0.2, 0) is 4.79 Å². The number of hydrogen-bond donors (Lipinski definition) is 3. The van der Waals surface area contributed by atoms with Crippen molar-refractivity contribution < 1.29 is 4.79 Å². The first-order valence-corrected chi connectivity index (χ1v) is 5.72. The van der Waals surface area contributed by atoms with E-state index in [9.17, 15) is 4.79 Å². The van der Waals surface area contributed by atoms with Gasteiger partial charge in [-0.1, -0.05) is 18.2 Å². The van der Waals surface area contributed by atoms with Crippen LogP contribution in [0.25, 0.3) is 0 Å². The van der Waals surface area contributed by atoms with Gasteiger partial charge >= 0.3 is 0 Å². The summed E-state index contributed by atoms with van der Waals surface area (Å²) in [6.07, 6.45) is 1.04. The lowest BCUT2D eigenvalue weighted by atomic mass is 10.3. The van der Waals surface area contributed by atoms with Crippen molar-refractivity contribution in [2.75, 3.05) is 25.0 Å². The van der Waals surface area contributed by atoms with E-state index in [1.165, 1.54) is 0 Å². The average molecular weight is 232 g/mol.